The van der Waals surface area contributed by atoms with E-state index in [0.717, 1.165) is 13.1 Å². The van der Waals surface area contributed by atoms with Gasteiger partial charge in [-0.15, -0.1) is 0 Å². The van der Waals surface area contributed by atoms with Crippen LogP contribution >= 0.6 is 0 Å². The SMILES string of the molecule is O=C(O)c1cnc(N2CCC(O)CC2)cn1. The van der Waals surface area contributed by atoms with Gasteiger partial charge in [0.05, 0.1) is 18.5 Å². The molecule has 6 nitrogen and oxygen atoms in total. The monoisotopic (exact) mass is 223 g/mol. The van der Waals surface area contributed by atoms with Crippen molar-refractivity contribution in [2.24, 2.45) is 0 Å². The largest absolute Gasteiger partial charge is 0.476 e. The first kappa shape index (κ1) is 10.8. The Morgan fingerprint density at radius 1 is 1.31 bits per heavy atom. The Hall–Kier alpha value is -1.69. The van der Waals surface area contributed by atoms with E-state index in [-0.39, 0.29) is 11.8 Å². The van der Waals surface area contributed by atoms with Crippen LogP contribution < -0.4 is 4.90 Å². The molecule has 1 fully saturated rings. The van der Waals surface area contributed by atoms with E-state index in [9.17, 15) is 9.90 Å². The zero-order chi connectivity index (χ0) is 11.5. The number of hydrogen-bond acceptors (Lipinski definition) is 5. The zero-order valence-corrected chi connectivity index (χ0v) is 8.70. The molecule has 16 heavy (non-hydrogen) atoms. The molecule has 0 atom stereocenters. The van der Waals surface area contributed by atoms with E-state index >= 15 is 0 Å². The molecule has 0 spiro atoms. The third-order valence-corrected chi connectivity index (χ3v) is 2.65. The fraction of sp³-hybridized carbons (Fsp3) is 0.500. The Bertz CT molecular complexity index is 371. The van der Waals surface area contributed by atoms with Crippen LogP contribution in [0.2, 0.25) is 0 Å². The van der Waals surface area contributed by atoms with Gasteiger partial charge in [0.1, 0.15) is 5.82 Å². The highest BCUT2D eigenvalue weighted by Crippen LogP contribution is 2.16. The molecule has 1 aliphatic rings. The first-order chi connectivity index (χ1) is 7.66. The minimum Gasteiger partial charge on any atom is -0.476 e. The van der Waals surface area contributed by atoms with Gasteiger partial charge in [0.15, 0.2) is 5.69 Å². The van der Waals surface area contributed by atoms with Gasteiger partial charge in [-0.05, 0) is 12.8 Å². The molecule has 2 rings (SSSR count). The number of aromatic nitrogens is 2. The fourth-order valence-electron chi connectivity index (χ4n) is 1.69. The van der Waals surface area contributed by atoms with Gasteiger partial charge in [-0.2, -0.15) is 0 Å². The van der Waals surface area contributed by atoms with Gasteiger partial charge < -0.3 is 15.1 Å². The van der Waals surface area contributed by atoms with Gasteiger partial charge in [-0.25, -0.2) is 14.8 Å². The number of carboxylic acids is 1. The highest BCUT2D eigenvalue weighted by atomic mass is 16.4. The third kappa shape index (κ3) is 2.27. The number of aliphatic hydroxyl groups excluding tert-OH is 1. The Kier molecular flexibility index (Phi) is 3.00. The van der Waals surface area contributed by atoms with Crippen molar-refractivity contribution in [2.75, 3.05) is 18.0 Å². The van der Waals surface area contributed by atoms with Gasteiger partial charge in [-0.3, -0.25) is 0 Å². The Morgan fingerprint density at radius 2 is 2.00 bits per heavy atom. The Morgan fingerprint density at radius 3 is 2.50 bits per heavy atom. The molecule has 0 saturated carbocycles. The molecule has 86 valence electrons. The number of carbonyl (C=O) groups is 1. The molecule has 1 aromatic rings. The number of aromatic carboxylic acids is 1. The van der Waals surface area contributed by atoms with Crippen LogP contribution in [0.3, 0.4) is 0 Å². The smallest absolute Gasteiger partial charge is 0.356 e. The standard InChI is InChI=1S/C10H13N3O3/c14-7-1-3-13(4-2-7)9-6-11-8(5-12-9)10(15)16/h5-7,14H,1-4H2,(H,15,16). The van der Waals surface area contributed by atoms with Crippen LogP contribution in [0.4, 0.5) is 5.82 Å². The average Bonchev–Trinajstić information content (AvgIpc) is 2.30. The second-order valence-corrected chi connectivity index (χ2v) is 3.78. The van der Waals surface area contributed by atoms with Crippen molar-refractivity contribution in [2.45, 2.75) is 18.9 Å². The number of carboxylic acid groups (broad SMARTS) is 1. The first-order valence-corrected chi connectivity index (χ1v) is 5.15. The van der Waals surface area contributed by atoms with E-state index in [1.165, 1.54) is 12.4 Å². The normalized spacial score (nSPS) is 17.4. The van der Waals surface area contributed by atoms with Gasteiger partial charge in [0.25, 0.3) is 0 Å². The lowest BCUT2D eigenvalue weighted by molar-refractivity contribution is 0.0690. The predicted octanol–water partition coefficient (Wildman–Crippen LogP) is 0.136. The summed E-state index contributed by atoms with van der Waals surface area (Å²) >= 11 is 0. The summed E-state index contributed by atoms with van der Waals surface area (Å²) in [6.07, 6.45) is 3.90. The molecule has 1 aromatic heterocycles. The van der Waals surface area contributed by atoms with Gasteiger partial charge >= 0.3 is 5.97 Å². The summed E-state index contributed by atoms with van der Waals surface area (Å²) in [5, 5.41) is 18.0. The molecule has 0 bridgehead atoms. The molecule has 0 aliphatic carbocycles. The number of hydrogen-bond donors (Lipinski definition) is 2. The summed E-state index contributed by atoms with van der Waals surface area (Å²) in [6, 6.07) is 0. The maximum Gasteiger partial charge on any atom is 0.356 e. The maximum absolute atomic E-state index is 10.6. The topological polar surface area (TPSA) is 86.5 Å². The van der Waals surface area contributed by atoms with E-state index in [0.29, 0.717) is 18.7 Å². The lowest BCUT2D eigenvalue weighted by Gasteiger charge is -2.30. The van der Waals surface area contributed by atoms with Crippen molar-refractivity contribution in [3.05, 3.63) is 18.1 Å². The van der Waals surface area contributed by atoms with Crippen LogP contribution in [-0.4, -0.2) is 45.3 Å². The molecule has 0 amide bonds. The van der Waals surface area contributed by atoms with Crippen LogP contribution in [0, 0.1) is 0 Å². The summed E-state index contributed by atoms with van der Waals surface area (Å²) in [6.45, 7) is 1.45. The zero-order valence-electron chi connectivity index (χ0n) is 8.70. The maximum atomic E-state index is 10.6. The Balaban J connectivity index is 2.07. The van der Waals surface area contributed by atoms with Crippen LogP contribution in [0.25, 0.3) is 0 Å². The lowest BCUT2D eigenvalue weighted by Crippen LogP contribution is -2.36. The van der Waals surface area contributed by atoms with Crippen LogP contribution in [0.1, 0.15) is 23.3 Å². The van der Waals surface area contributed by atoms with Gasteiger partial charge in [-0.1, -0.05) is 0 Å². The third-order valence-electron chi connectivity index (χ3n) is 2.65. The number of anilines is 1. The minimum absolute atomic E-state index is 0.0548. The predicted molar refractivity (Wildman–Crippen MR) is 56.4 cm³/mol. The number of nitrogens with zero attached hydrogens (tertiary/aromatic N) is 3. The number of rotatable bonds is 2. The summed E-state index contributed by atoms with van der Waals surface area (Å²) in [7, 11) is 0. The molecule has 6 heteroatoms. The lowest BCUT2D eigenvalue weighted by atomic mass is 10.1. The summed E-state index contributed by atoms with van der Waals surface area (Å²) in [5.74, 6) is -0.412. The summed E-state index contributed by atoms with van der Waals surface area (Å²) in [5.41, 5.74) is -0.0548. The van der Waals surface area contributed by atoms with Crippen LogP contribution in [0.15, 0.2) is 12.4 Å². The molecule has 0 radical (unpaired) electrons. The van der Waals surface area contributed by atoms with Gasteiger partial charge in [0.2, 0.25) is 0 Å². The second kappa shape index (κ2) is 4.44. The summed E-state index contributed by atoms with van der Waals surface area (Å²) < 4.78 is 0. The van der Waals surface area contributed by atoms with E-state index in [1.54, 1.807) is 0 Å². The quantitative estimate of drug-likeness (QED) is 0.741. The second-order valence-electron chi connectivity index (χ2n) is 3.78. The van der Waals surface area contributed by atoms with E-state index in [4.69, 9.17) is 5.11 Å². The van der Waals surface area contributed by atoms with Crippen molar-refractivity contribution in [1.82, 2.24) is 9.97 Å². The Labute approximate surface area is 92.6 Å². The van der Waals surface area contributed by atoms with E-state index in [2.05, 4.69) is 9.97 Å². The van der Waals surface area contributed by atoms with E-state index < -0.39 is 5.97 Å². The minimum atomic E-state index is -1.08. The highest BCUT2D eigenvalue weighted by Gasteiger charge is 2.18. The first-order valence-electron chi connectivity index (χ1n) is 5.15. The fourth-order valence-corrected chi connectivity index (χ4v) is 1.69. The molecule has 2 heterocycles. The molecule has 1 saturated heterocycles. The molecular formula is C10H13N3O3. The molecular weight excluding hydrogens is 210 g/mol. The average molecular weight is 223 g/mol. The van der Waals surface area contributed by atoms with Crippen molar-refractivity contribution in [3.8, 4) is 0 Å². The number of piperidine rings is 1. The summed E-state index contributed by atoms with van der Waals surface area (Å²) in [4.78, 5) is 20.4. The van der Waals surface area contributed by atoms with E-state index in [1.807, 2.05) is 4.90 Å². The van der Waals surface area contributed by atoms with Gasteiger partial charge in [0, 0.05) is 13.1 Å². The van der Waals surface area contributed by atoms with Crippen molar-refractivity contribution in [3.63, 3.8) is 0 Å². The highest BCUT2D eigenvalue weighted by molar-refractivity contribution is 5.84. The van der Waals surface area contributed by atoms with Crippen molar-refractivity contribution >= 4 is 11.8 Å². The molecule has 0 aromatic carbocycles. The molecule has 1 aliphatic heterocycles. The van der Waals surface area contributed by atoms with Crippen LogP contribution in [0.5, 0.6) is 0 Å². The van der Waals surface area contributed by atoms with Crippen LogP contribution in [-0.2, 0) is 0 Å². The molecule has 0 unspecified atom stereocenters. The number of aliphatic hydroxyl groups is 1. The van der Waals surface area contributed by atoms with Crippen molar-refractivity contribution in [1.29, 1.82) is 0 Å². The molecule has 2 N–H and O–H groups in total. The van der Waals surface area contributed by atoms with Crippen molar-refractivity contribution < 1.29 is 15.0 Å².